The second kappa shape index (κ2) is 8.58. The van der Waals surface area contributed by atoms with Crippen molar-refractivity contribution in [1.29, 1.82) is 0 Å². The third kappa shape index (κ3) is 3.49. The number of fused-ring (bicyclic) bond motifs is 3. The largest absolute Gasteiger partial charge is 0.432 e. The zero-order valence-corrected chi connectivity index (χ0v) is 21.2. The van der Waals surface area contributed by atoms with E-state index in [1.165, 1.54) is 0 Å². The van der Waals surface area contributed by atoms with Crippen molar-refractivity contribution in [2.45, 2.75) is 114 Å². The number of ether oxygens (including phenoxy) is 2. The molecule has 1 spiro atoms. The zero-order chi connectivity index (χ0) is 26.3. The minimum atomic E-state index is -1.65. The third-order valence-electron chi connectivity index (χ3n) is 11.2. The van der Waals surface area contributed by atoms with Gasteiger partial charge in [-0.1, -0.05) is 13.3 Å². The Morgan fingerprint density at radius 1 is 0.917 bits per heavy atom. The molecule has 10 nitrogen and oxygen atoms in total. The van der Waals surface area contributed by atoms with Crippen LogP contribution in [0.1, 0.15) is 71.6 Å². The van der Waals surface area contributed by atoms with Gasteiger partial charge in [-0.25, -0.2) is 0 Å². The second-order valence-corrected chi connectivity index (χ2v) is 13.0. The van der Waals surface area contributed by atoms with E-state index in [2.05, 4.69) is 6.92 Å². The summed E-state index contributed by atoms with van der Waals surface area (Å²) in [6.45, 7) is 3.02. The molecule has 1 aliphatic heterocycles. The molecule has 0 radical (unpaired) electrons. The number of hydrogen-bond donors (Lipinski definition) is 7. The second-order valence-electron chi connectivity index (χ2n) is 13.0. The molecular weight excluding hydrogens is 472 g/mol. The highest BCUT2D eigenvalue weighted by molar-refractivity contribution is 5.77. The van der Waals surface area contributed by atoms with Crippen LogP contribution in [0.3, 0.4) is 0 Å². The van der Waals surface area contributed by atoms with Crippen LogP contribution < -0.4 is 0 Å². The first-order valence-corrected chi connectivity index (χ1v) is 13.4. The summed E-state index contributed by atoms with van der Waals surface area (Å²) in [5.41, 5.74) is -4.23. The van der Waals surface area contributed by atoms with E-state index in [1.54, 1.807) is 0 Å². The lowest BCUT2D eigenvalue weighted by Crippen LogP contribution is -2.62. The van der Waals surface area contributed by atoms with E-state index in [1.807, 2.05) is 6.92 Å². The molecular formula is C26H42O10. The molecule has 5 rings (SSSR count). The predicted octanol–water partition coefficient (Wildman–Crippen LogP) is -0.419. The van der Waals surface area contributed by atoms with Crippen molar-refractivity contribution in [3.05, 3.63) is 0 Å². The maximum Gasteiger partial charge on any atom is 0.314 e. The van der Waals surface area contributed by atoms with E-state index < -0.39 is 66.5 Å². The van der Waals surface area contributed by atoms with Gasteiger partial charge in [0, 0.05) is 0 Å². The molecule has 1 heterocycles. The van der Waals surface area contributed by atoms with Crippen LogP contribution in [-0.4, -0.2) is 96.8 Å². The van der Waals surface area contributed by atoms with Crippen LogP contribution in [-0.2, 0) is 14.3 Å². The molecule has 0 aromatic rings. The number of esters is 1. The van der Waals surface area contributed by atoms with Crippen molar-refractivity contribution in [2.75, 3.05) is 13.2 Å². The fourth-order valence-electron chi connectivity index (χ4n) is 9.46. The summed E-state index contributed by atoms with van der Waals surface area (Å²) >= 11 is 0. The highest BCUT2D eigenvalue weighted by Gasteiger charge is 2.72. The van der Waals surface area contributed by atoms with E-state index in [0.717, 1.165) is 19.3 Å². The molecule has 206 valence electrons. The van der Waals surface area contributed by atoms with Crippen LogP contribution in [0.2, 0.25) is 0 Å². The standard InChI is InChI=1S/C26H42O10/c1-22-6-3-7-23(2,21(32)36-20-19(31)18(30)17(29)14(10-27)35-20)15(22)4-8-24-11-25(33,9-5-16(22)24)26(34,12-24)13-28/h14-20,27-31,33-34H,3-13H2,1-2H3/t14-,15+,16+,17-,18+,19-,20+,22-,23-,24+,25+,26+/m1/s1. The summed E-state index contributed by atoms with van der Waals surface area (Å²) in [7, 11) is 0. The molecule has 4 saturated carbocycles. The van der Waals surface area contributed by atoms with E-state index in [4.69, 9.17) is 9.47 Å². The fourth-order valence-corrected chi connectivity index (χ4v) is 9.46. The van der Waals surface area contributed by atoms with E-state index in [-0.39, 0.29) is 22.7 Å². The van der Waals surface area contributed by atoms with Crippen LogP contribution in [0, 0.1) is 28.1 Å². The van der Waals surface area contributed by atoms with Gasteiger partial charge in [-0.15, -0.1) is 0 Å². The van der Waals surface area contributed by atoms with Crippen molar-refractivity contribution in [2.24, 2.45) is 28.1 Å². The van der Waals surface area contributed by atoms with Gasteiger partial charge >= 0.3 is 5.97 Å². The number of aliphatic hydroxyl groups excluding tert-OH is 5. The normalized spacial score (nSPS) is 56.5. The van der Waals surface area contributed by atoms with Crippen LogP contribution >= 0.6 is 0 Å². The van der Waals surface area contributed by atoms with Crippen LogP contribution in [0.15, 0.2) is 0 Å². The molecule has 0 amide bonds. The summed E-state index contributed by atoms with van der Waals surface area (Å²) in [6, 6.07) is 0. The van der Waals surface area contributed by atoms with Crippen LogP contribution in [0.4, 0.5) is 0 Å². The SMILES string of the molecule is C[C@@]12CCC[C@@](C)(C(=O)O[C@@H]3O[C@H](CO)[C@@H](O)[C@H](O)[C@H]3O)[C@H]1CC[C@]13C[C@](O)(CO)[C@](O)(CC[C@H]12)C3. The topological polar surface area (TPSA) is 177 Å². The first kappa shape index (κ1) is 26.7. The minimum absolute atomic E-state index is 0.0410. The molecule has 36 heavy (non-hydrogen) atoms. The Bertz CT molecular complexity index is 881. The first-order valence-electron chi connectivity index (χ1n) is 13.4. The van der Waals surface area contributed by atoms with Gasteiger partial charge in [-0.05, 0) is 81.0 Å². The highest BCUT2D eigenvalue weighted by atomic mass is 16.7. The van der Waals surface area contributed by atoms with Gasteiger partial charge in [-0.2, -0.15) is 0 Å². The van der Waals surface area contributed by atoms with Crippen LogP contribution in [0.25, 0.3) is 0 Å². The lowest BCUT2D eigenvalue weighted by Gasteiger charge is -2.63. The molecule has 0 aromatic heterocycles. The van der Waals surface area contributed by atoms with Crippen molar-refractivity contribution >= 4 is 5.97 Å². The molecule has 2 bridgehead atoms. The Kier molecular flexibility index (Phi) is 6.37. The van der Waals surface area contributed by atoms with Crippen LogP contribution in [0.5, 0.6) is 0 Å². The molecule has 0 aromatic carbocycles. The van der Waals surface area contributed by atoms with Crippen molar-refractivity contribution < 1.29 is 50.0 Å². The Morgan fingerprint density at radius 3 is 2.28 bits per heavy atom. The zero-order valence-electron chi connectivity index (χ0n) is 21.2. The minimum Gasteiger partial charge on any atom is -0.432 e. The van der Waals surface area contributed by atoms with Gasteiger partial charge < -0.3 is 45.2 Å². The lowest BCUT2D eigenvalue weighted by atomic mass is 9.41. The Labute approximate surface area is 211 Å². The van der Waals surface area contributed by atoms with Crippen molar-refractivity contribution in [3.63, 3.8) is 0 Å². The average Bonchev–Trinajstić information content (AvgIpc) is 2.99. The van der Waals surface area contributed by atoms with Gasteiger partial charge in [0.1, 0.15) is 30.0 Å². The predicted molar refractivity (Wildman–Crippen MR) is 124 cm³/mol. The molecule has 0 unspecified atom stereocenters. The van der Waals surface area contributed by atoms with Gasteiger partial charge in [0.05, 0.1) is 24.2 Å². The average molecular weight is 515 g/mol. The summed E-state index contributed by atoms with van der Waals surface area (Å²) in [6.07, 6.45) is -1.83. The Morgan fingerprint density at radius 2 is 1.61 bits per heavy atom. The molecule has 7 N–H and O–H groups in total. The third-order valence-corrected chi connectivity index (χ3v) is 11.2. The number of rotatable bonds is 4. The molecule has 4 aliphatic carbocycles. The molecule has 5 aliphatic rings. The number of aliphatic hydroxyl groups is 7. The quantitative estimate of drug-likeness (QED) is 0.244. The molecule has 5 fully saturated rings. The van der Waals surface area contributed by atoms with E-state index >= 15 is 0 Å². The number of hydrogen-bond acceptors (Lipinski definition) is 10. The Balaban J connectivity index is 1.39. The first-order chi connectivity index (χ1) is 16.8. The summed E-state index contributed by atoms with van der Waals surface area (Å²) in [5, 5.41) is 72.4. The number of carbonyl (C=O) groups is 1. The molecule has 10 heteroatoms. The fraction of sp³-hybridized carbons (Fsp3) is 0.962. The summed E-state index contributed by atoms with van der Waals surface area (Å²) in [5.74, 6) is -0.408. The maximum atomic E-state index is 13.7. The van der Waals surface area contributed by atoms with E-state index in [0.29, 0.717) is 38.5 Å². The summed E-state index contributed by atoms with van der Waals surface area (Å²) in [4.78, 5) is 13.7. The summed E-state index contributed by atoms with van der Waals surface area (Å²) < 4.78 is 11.1. The maximum absolute atomic E-state index is 13.7. The molecule has 1 saturated heterocycles. The number of carbonyl (C=O) groups excluding carboxylic acids is 1. The smallest absolute Gasteiger partial charge is 0.314 e. The molecule has 12 atom stereocenters. The lowest BCUT2D eigenvalue weighted by molar-refractivity contribution is -0.298. The van der Waals surface area contributed by atoms with Gasteiger partial charge in [0.15, 0.2) is 0 Å². The van der Waals surface area contributed by atoms with Gasteiger partial charge in [0.2, 0.25) is 6.29 Å². The Hall–Kier alpha value is -0.850. The van der Waals surface area contributed by atoms with Crippen molar-refractivity contribution in [3.8, 4) is 0 Å². The highest BCUT2D eigenvalue weighted by Crippen LogP contribution is 2.73. The van der Waals surface area contributed by atoms with E-state index in [9.17, 15) is 40.5 Å². The monoisotopic (exact) mass is 514 g/mol. The van der Waals surface area contributed by atoms with Crippen molar-refractivity contribution in [1.82, 2.24) is 0 Å². The van der Waals surface area contributed by atoms with Gasteiger partial charge in [0.25, 0.3) is 0 Å². The van der Waals surface area contributed by atoms with Gasteiger partial charge in [-0.3, -0.25) is 4.79 Å².